The van der Waals surface area contributed by atoms with Gasteiger partial charge in [0.25, 0.3) is 0 Å². The van der Waals surface area contributed by atoms with Gasteiger partial charge in [0, 0.05) is 13.7 Å². The lowest BCUT2D eigenvalue weighted by Gasteiger charge is -2.33. The predicted molar refractivity (Wildman–Crippen MR) is 82.6 cm³/mol. The minimum atomic E-state index is 0.188. The molecular weight excluding hydrogens is 298 g/mol. The second kappa shape index (κ2) is 5.16. The van der Waals surface area contributed by atoms with Crippen molar-refractivity contribution in [2.75, 3.05) is 24.3 Å². The van der Waals surface area contributed by atoms with Crippen molar-refractivity contribution in [3.05, 3.63) is 18.0 Å². The van der Waals surface area contributed by atoms with Crippen LogP contribution in [0, 0.1) is 0 Å². The Hall–Kier alpha value is -2.75. The van der Waals surface area contributed by atoms with Gasteiger partial charge < -0.3 is 24.9 Å². The summed E-state index contributed by atoms with van der Waals surface area (Å²) in [6, 6.07) is 0.188. The maximum absolute atomic E-state index is 5.81. The normalized spacial score (nSPS) is 17.7. The molecule has 1 atom stereocenters. The number of nitrogens with two attached hydrogens (primary N) is 1. The molecule has 23 heavy (non-hydrogen) atoms. The van der Waals surface area contributed by atoms with Crippen LogP contribution in [0.25, 0.3) is 11.2 Å². The zero-order valence-corrected chi connectivity index (χ0v) is 12.9. The first kappa shape index (κ1) is 13.9. The first-order valence-electron chi connectivity index (χ1n) is 7.30. The molecule has 3 aromatic heterocycles. The van der Waals surface area contributed by atoms with Crippen molar-refractivity contribution in [3.63, 3.8) is 0 Å². The number of aromatic amines is 1. The number of imidazole rings is 1. The highest BCUT2D eigenvalue weighted by Gasteiger charge is 2.28. The molecule has 0 unspecified atom stereocenters. The summed E-state index contributed by atoms with van der Waals surface area (Å²) in [4.78, 5) is 17.9. The summed E-state index contributed by atoms with van der Waals surface area (Å²) in [7, 11) is 1.65. The number of ether oxygens (including phenoxy) is 1. The molecule has 10 heteroatoms. The average Bonchev–Trinajstić information content (AvgIpc) is 3.13. The maximum Gasteiger partial charge on any atom is 0.224 e. The third-order valence-corrected chi connectivity index (χ3v) is 3.95. The van der Waals surface area contributed by atoms with E-state index in [-0.39, 0.29) is 12.0 Å². The monoisotopic (exact) mass is 315 g/mol. The molecule has 120 valence electrons. The lowest BCUT2D eigenvalue weighted by molar-refractivity contribution is 0.171. The van der Waals surface area contributed by atoms with Crippen molar-refractivity contribution in [1.29, 1.82) is 0 Å². The van der Waals surface area contributed by atoms with Crippen molar-refractivity contribution in [3.8, 4) is 0 Å². The molecule has 0 fully saturated rings. The van der Waals surface area contributed by atoms with Crippen molar-refractivity contribution >= 4 is 22.9 Å². The molecule has 1 aliphatic rings. The summed E-state index contributed by atoms with van der Waals surface area (Å²) in [5, 5.41) is 8.50. The first-order chi connectivity index (χ1) is 11.2. The highest BCUT2D eigenvalue weighted by atomic mass is 16.5. The molecule has 4 heterocycles. The summed E-state index contributed by atoms with van der Waals surface area (Å²) in [5.74, 6) is 2.66. The molecule has 4 rings (SSSR count). The molecule has 0 spiro atoms. The molecule has 10 nitrogen and oxygen atoms in total. The van der Waals surface area contributed by atoms with Crippen LogP contribution in [0.3, 0.4) is 0 Å². The Morgan fingerprint density at radius 3 is 3.09 bits per heavy atom. The van der Waals surface area contributed by atoms with E-state index in [1.807, 2.05) is 0 Å². The number of anilines is 2. The number of hydrogen-bond donors (Lipinski definition) is 2. The highest BCUT2D eigenvalue weighted by molar-refractivity contribution is 5.84. The minimum absolute atomic E-state index is 0.188. The fraction of sp³-hybridized carbons (Fsp3) is 0.462. The topological polar surface area (TPSA) is 124 Å². The Morgan fingerprint density at radius 2 is 2.26 bits per heavy atom. The van der Waals surface area contributed by atoms with Gasteiger partial charge in [-0.15, -0.1) is 10.2 Å². The summed E-state index contributed by atoms with van der Waals surface area (Å²) in [6.45, 7) is 3.91. The van der Waals surface area contributed by atoms with Gasteiger partial charge in [0.1, 0.15) is 12.1 Å². The largest absolute Gasteiger partial charge is 0.377 e. The Labute approximate surface area is 131 Å². The van der Waals surface area contributed by atoms with Gasteiger partial charge in [0.05, 0.1) is 18.9 Å². The number of aromatic nitrogens is 7. The predicted octanol–water partition coefficient (Wildman–Crippen LogP) is 0.254. The molecule has 0 radical (unpaired) electrons. The standard InChI is InChI=1S/C13H17N9O/c1-7-3-21(4-8-19-20-9(5-23-2)22(7)8)12-10-11(16-6-15-10)17-13(14)18-12/h6-7H,3-5H2,1-2H3,(H3,14,15,16,17,18)/t7-/m0/s1. The van der Waals surface area contributed by atoms with Crippen molar-refractivity contribution < 1.29 is 4.74 Å². The van der Waals surface area contributed by atoms with E-state index in [4.69, 9.17) is 10.5 Å². The van der Waals surface area contributed by atoms with E-state index in [0.29, 0.717) is 18.8 Å². The lowest BCUT2D eigenvalue weighted by atomic mass is 10.2. The smallest absolute Gasteiger partial charge is 0.224 e. The van der Waals surface area contributed by atoms with E-state index >= 15 is 0 Å². The van der Waals surface area contributed by atoms with E-state index in [2.05, 4.69) is 46.5 Å². The molecule has 0 aliphatic carbocycles. The summed E-state index contributed by atoms with van der Waals surface area (Å²) >= 11 is 0. The molecule has 1 aliphatic heterocycles. The molecular formula is C13H17N9O. The molecule has 0 aromatic carbocycles. The number of rotatable bonds is 3. The lowest BCUT2D eigenvalue weighted by Crippen LogP contribution is -2.37. The molecule has 0 amide bonds. The molecule has 0 saturated heterocycles. The number of H-pyrrole nitrogens is 1. The molecule has 0 bridgehead atoms. The Kier molecular flexibility index (Phi) is 3.11. The van der Waals surface area contributed by atoms with Gasteiger partial charge >= 0.3 is 0 Å². The van der Waals surface area contributed by atoms with Crippen LogP contribution in [0.4, 0.5) is 11.8 Å². The Balaban J connectivity index is 1.75. The second-order valence-electron chi connectivity index (χ2n) is 5.57. The number of nitrogens with zero attached hydrogens (tertiary/aromatic N) is 7. The number of fused-ring (bicyclic) bond motifs is 2. The zero-order valence-electron chi connectivity index (χ0n) is 12.9. The van der Waals surface area contributed by atoms with Gasteiger partial charge in [0.15, 0.2) is 23.1 Å². The average molecular weight is 315 g/mol. The van der Waals surface area contributed by atoms with E-state index < -0.39 is 0 Å². The van der Waals surface area contributed by atoms with Gasteiger partial charge in [-0.1, -0.05) is 0 Å². The highest BCUT2D eigenvalue weighted by Crippen LogP contribution is 2.29. The summed E-state index contributed by atoms with van der Waals surface area (Å²) < 4.78 is 7.31. The summed E-state index contributed by atoms with van der Waals surface area (Å²) in [6.07, 6.45) is 1.59. The van der Waals surface area contributed by atoms with Crippen molar-refractivity contribution in [1.82, 2.24) is 34.7 Å². The van der Waals surface area contributed by atoms with Crippen LogP contribution in [0.1, 0.15) is 24.6 Å². The van der Waals surface area contributed by atoms with E-state index in [1.54, 1.807) is 13.4 Å². The maximum atomic E-state index is 5.81. The van der Waals surface area contributed by atoms with Gasteiger partial charge in [-0.05, 0) is 6.92 Å². The fourth-order valence-corrected chi connectivity index (χ4v) is 3.07. The fourth-order valence-electron chi connectivity index (χ4n) is 3.07. The van der Waals surface area contributed by atoms with Crippen LogP contribution in [-0.4, -0.2) is 48.4 Å². The number of methoxy groups -OCH3 is 1. The summed E-state index contributed by atoms with van der Waals surface area (Å²) in [5.41, 5.74) is 7.15. The van der Waals surface area contributed by atoms with Crippen molar-refractivity contribution in [2.45, 2.75) is 26.1 Å². The van der Waals surface area contributed by atoms with E-state index in [9.17, 15) is 0 Å². The van der Waals surface area contributed by atoms with Gasteiger partial charge in [-0.2, -0.15) is 9.97 Å². The van der Waals surface area contributed by atoms with Crippen molar-refractivity contribution in [2.24, 2.45) is 0 Å². The van der Waals surface area contributed by atoms with Gasteiger partial charge in [-0.3, -0.25) is 0 Å². The van der Waals surface area contributed by atoms with Crippen LogP contribution in [0.2, 0.25) is 0 Å². The third-order valence-electron chi connectivity index (χ3n) is 3.95. The van der Waals surface area contributed by atoms with Gasteiger partial charge in [0.2, 0.25) is 5.95 Å². The first-order valence-corrected chi connectivity index (χ1v) is 7.30. The van der Waals surface area contributed by atoms with Crippen LogP contribution >= 0.6 is 0 Å². The van der Waals surface area contributed by atoms with E-state index in [1.165, 1.54) is 0 Å². The number of nitrogen functional groups attached to an aromatic ring is 1. The zero-order chi connectivity index (χ0) is 16.0. The molecule has 0 saturated carbocycles. The quantitative estimate of drug-likeness (QED) is 0.705. The Morgan fingerprint density at radius 1 is 1.39 bits per heavy atom. The van der Waals surface area contributed by atoms with Crippen LogP contribution in [-0.2, 0) is 17.9 Å². The Bertz CT molecular complexity index is 854. The van der Waals surface area contributed by atoms with Crippen LogP contribution in [0.5, 0.6) is 0 Å². The van der Waals surface area contributed by atoms with Crippen LogP contribution < -0.4 is 10.6 Å². The van der Waals surface area contributed by atoms with Crippen LogP contribution in [0.15, 0.2) is 6.33 Å². The number of nitrogens with one attached hydrogen (secondary N) is 1. The second-order valence-corrected chi connectivity index (χ2v) is 5.57. The number of hydrogen-bond acceptors (Lipinski definition) is 8. The minimum Gasteiger partial charge on any atom is -0.377 e. The SMILES string of the molecule is COCc1nnc2n1[C@@H](C)CN(c1nc(N)nc3nc[nH]c13)C2. The van der Waals surface area contributed by atoms with E-state index in [0.717, 1.165) is 29.5 Å². The third kappa shape index (κ3) is 2.18. The molecule has 3 N–H and O–H groups in total. The van der Waals surface area contributed by atoms with Gasteiger partial charge in [-0.25, -0.2) is 4.98 Å². The molecule has 3 aromatic rings.